The van der Waals surface area contributed by atoms with E-state index in [0.29, 0.717) is 4.90 Å². The monoisotopic (exact) mass is 311 g/mol. The van der Waals surface area contributed by atoms with E-state index in [-0.39, 0.29) is 5.41 Å². The SMILES string of the molecule is CC(C)(C#N)CCCCSc1ccc(S(C)(=O)=O)cc1. The van der Waals surface area contributed by atoms with Crippen LogP contribution in [0.4, 0.5) is 0 Å². The number of sulfone groups is 1. The fraction of sp³-hybridized carbons (Fsp3) is 0.533. The van der Waals surface area contributed by atoms with Crippen LogP contribution in [-0.4, -0.2) is 20.4 Å². The molecule has 1 rings (SSSR count). The summed E-state index contributed by atoms with van der Waals surface area (Å²) in [5.41, 5.74) is -0.234. The lowest BCUT2D eigenvalue weighted by molar-refractivity contribution is 0.433. The van der Waals surface area contributed by atoms with Gasteiger partial charge in [0.1, 0.15) is 0 Å². The Hall–Kier alpha value is -0.990. The summed E-state index contributed by atoms with van der Waals surface area (Å²) in [6.45, 7) is 3.92. The smallest absolute Gasteiger partial charge is 0.175 e. The number of benzene rings is 1. The summed E-state index contributed by atoms with van der Waals surface area (Å²) in [5.74, 6) is 0.986. The van der Waals surface area contributed by atoms with Gasteiger partial charge in [0.25, 0.3) is 0 Å². The predicted molar refractivity (Wildman–Crippen MR) is 83.5 cm³/mol. The van der Waals surface area contributed by atoms with Gasteiger partial charge in [-0.3, -0.25) is 0 Å². The molecular formula is C15H21NO2S2. The van der Waals surface area contributed by atoms with E-state index in [2.05, 4.69) is 6.07 Å². The van der Waals surface area contributed by atoms with E-state index in [1.165, 1.54) is 6.26 Å². The van der Waals surface area contributed by atoms with Gasteiger partial charge in [-0.05, 0) is 56.7 Å². The maximum atomic E-state index is 11.3. The first-order valence-electron chi connectivity index (χ1n) is 6.59. The van der Waals surface area contributed by atoms with Crippen molar-refractivity contribution < 1.29 is 8.42 Å². The minimum absolute atomic E-state index is 0.234. The van der Waals surface area contributed by atoms with Crippen molar-refractivity contribution in [1.82, 2.24) is 0 Å². The van der Waals surface area contributed by atoms with Crippen molar-refractivity contribution in [1.29, 1.82) is 5.26 Å². The molecule has 0 aliphatic rings. The van der Waals surface area contributed by atoms with Crippen molar-refractivity contribution in [3.05, 3.63) is 24.3 Å². The number of unbranched alkanes of at least 4 members (excludes halogenated alkanes) is 1. The molecule has 0 unspecified atom stereocenters. The molecule has 0 aliphatic heterocycles. The molecule has 5 heteroatoms. The third kappa shape index (κ3) is 5.98. The summed E-state index contributed by atoms with van der Waals surface area (Å²) < 4.78 is 22.7. The van der Waals surface area contributed by atoms with E-state index in [9.17, 15) is 8.42 Å². The molecule has 1 aromatic carbocycles. The van der Waals surface area contributed by atoms with Crippen LogP contribution in [0.2, 0.25) is 0 Å². The number of nitrogens with zero attached hydrogens (tertiary/aromatic N) is 1. The maximum absolute atomic E-state index is 11.3. The Bertz CT molecular complexity index is 569. The van der Waals surface area contributed by atoms with Gasteiger partial charge in [0.15, 0.2) is 9.84 Å². The number of thioether (sulfide) groups is 1. The van der Waals surface area contributed by atoms with Crippen LogP contribution in [0, 0.1) is 16.7 Å². The van der Waals surface area contributed by atoms with Crippen LogP contribution in [0.1, 0.15) is 33.1 Å². The van der Waals surface area contributed by atoms with Gasteiger partial charge in [-0.25, -0.2) is 8.42 Å². The standard InChI is InChI=1S/C15H21NO2S2/c1-15(2,12-16)10-4-5-11-19-13-6-8-14(9-7-13)20(3,17)18/h6-9H,4-5,10-11H2,1-3H3. The van der Waals surface area contributed by atoms with Gasteiger partial charge in [0.05, 0.1) is 16.4 Å². The van der Waals surface area contributed by atoms with Gasteiger partial charge < -0.3 is 0 Å². The summed E-state index contributed by atoms with van der Waals surface area (Å²) in [4.78, 5) is 1.44. The number of hydrogen-bond acceptors (Lipinski definition) is 4. The van der Waals surface area contributed by atoms with Crippen molar-refractivity contribution in [3.8, 4) is 6.07 Å². The van der Waals surface area contributed by atoms with E-state index in [1.807, 2.05) is 26.0 Å². The van der Waals surface area contributed by atoms with Crippen LogP contribution in [0.15, 0.2) is 34.1 Å². The summed E-state index contributed by atoms with van der Waals surface area (Å²) in [6, 6.07) is 9.30. The molecule has 0 bridgehead atoms. The van der Waals surface area contributed by atoms with Crippen molar-refractivity contribution in [2.75, 3.05) is 12.0 Å². The Morgan fingerprint density at radius 1 is 1.20 bits per heavy atom. The lowest BCUT2D eigenvalue weighted by Gasteiger charge is -2.14. The number of nitriles is 1. The molecule has 0 aromatic heterocycles. The molecule has 0 atom stereocenters. The van der Waals surface area contributed by atoms with Gasteiger partial charge in [0, 0.05) is 11.2 Å². The molecular weight excluding hydrogens is 290 g/mol. The fourth-order valence-corrected chi connectivity index (χ4v) is 3.24. The highest BCUT2D eigenvalue weighted by Gasteiger charge is 2.15. The highest BCUT2D eigenvalue weighted by Crippen LogP contribution is 2.25. The molecule has 110 valence electrons. The number of hydrogen-bond donors (Lipinski definition) is 0. The summed E-state index contributed by atoms with van der Waals surface area (Å²) in [7, 11) is -3.11. The van der Waals surface area contributed by atoms with Crippen LogP contribution in [0.25, 0.3) is 0 Å². The molecule has 0 saturated carbocycles. The summed E-state index contributed by atoms with van der Waals surface area (Å²) in [6.07, 6.45) is 4.22. The minimum atomic E-state index is -3.11. The Morgan fingerprint density at radius 3 is 2.30 bits per heavy atom. The van der Waals surface area contributed by atoms with Gasteiger partial charge in [-0.15, -0.1) is 11.8 Å². The zero-order chi connectivity index (χ0) is 15.2. The second kappa shape index (κ2) is 7.14. The largest absolute Gasteiger partial charge is 0.224 e. The molecule has 1 aromatic rings. The molecule has 0 aliphatic carbocycles. The molecule has 0 radical (unpaired) electrons. The van der Waals surface area contributed by atoms with Gasteiger partial charge in [0.2, 0.25) is 0 Å². The Kier molecular flexibility index (Phi) is 6.09. The van der Waals surface area contributed by atoms with Gasteiger partial charge in [-0.1, -0.05) is 6.42 Å². The first kappa shape index (κ1) is 17.1. The average molecular weight is 311 g/mol. The van der Waals surface area contributed by atoms with Crippen LogP contribution in [0.5, 0.6) is 0 Å². The minimum Gasteiger partial charge on any atom is -0.224 e. The zero-order valence-corrected chi connectivity index (χ0v) is 13.9. The Labute approximate surface area is 126 Å². The molecule has 0 heterocycles. The molecule has 0 amide bonds. The molecule has 0 fully saturated rings. The van der Waals surface area contributed by atoms with Crippen molar-refractivity contribution in [2.24, 2.45) is 5.41 Å². The summed E-state index contributed by atoms with van der Waals surface area (Å²) >= 11 is 1.72. The van der Waals surface area contributed by atoms with E-state index in [0.717, 1.165) is 29.9 Å². The number of rotatable bonds is 7. The van der Waals surface area contributed by atoms with Crippen molar-refractivity contribution in [3.63, 3.8) is 0 Å². The van der Waals surface area contributed by atoms with Gasteiger partial charge in [-0.2, -0.15) is 5.26 Å². The summed E-state index contributed by atoms with van der Waals surface area (Å²) in [5, 5.41) is 8.92. The van der Waals surface area contributed by atoms with Crippen molar-refractivity contribution in [2.45, 2.75) is 42.9 Å². The van der Waals surface area contributed by atoms with Crippen LogP contribution in [-0.2, 0) is 9.84 Å². The first-order valence-corrected chi connectivity index (χ1v) is 9.46. The lowest BCUT2D eigenvalue weighted by Crippen LogP contribution is -2.07. The maximum Gasteiger partial charge on any atom is 0.175 e. The highest BCUT2D eigenvalue weighted by molar-refractivity contribution is 7.99. The lowest BCUT2D eigenvalue weighted by atomic mass is 9.89. The van der Waals surface area contributed by atoms with Crippen LogP contribution in [0.3, 0.4) is 0 Å². The van der Waals surface area contributed by atoms with E-state index in [1.54, 1.807) is 23.9 Å². The molecule has 0 saturated heterocycles. The topological polar surface area (TPSA) is 57.9 Å². The van der Waals surface area contributed by atoms with E-state index >= 15 is 0 Å². The van der Waals surface area contributed by atoms with Crippen LogP contribution >= 0.6 is 11.8 Å². The van der Waals surface area contributed by atoms with E-state index in [4.69, 9.17) is 5.26 Å². The third-order valence-electron chi connectivity index (χ3n) is 3.02. The normalized spacial score (nSPS) is 12.1. The second-order valence-corrected chi connectivity index (χ2v) is 8.73. The molecule has 20 heavy (non-hydrogen) atoms. The highest BCUT2D eigenvalue weighted by atomic mass is 32.2. The van der Waals surface area contributed by atoms with Crippen LogP contribution < -0.4 is 0 Å². The Morgan fingerprint density at radius 2 is 1.80 bits per heavy atom. The average Bonchev–Trinajstić information content (AvgIpc) is 2.38. The van der Waals surface area contributed by atoms with E-state index < -0.39 is 9.84 Å². The molecule has 0 N–H and O–H groups in total. The third-order valence-corrected chi connectivity index (χ3v) is 5.25. The predicted octanol–water partition coefficient (Wildman–Crippen LogP) is 3.90. The fourth-order valence-electron chi connectivity index (χ4n) is 1.70. The van der Waals surface area contributed by atoms with Crippen molar-refractivity contribution >= 4 is 21.6 Å². The Balaban J connectivity index is 2.35. The van der Waals surface area contributed by atoms with Gasteiger partial charge >= 0.3 is 0 Å². The molecule has 0 spiro atoms. The quantitative estimate of drug-likeness (QED) is 0.566. The zero-order valence-electron chi connectivity index (χ0n) is 12.2. The molecule has 3 nitrogen and oxygen atoms in total. The second-order valence-electron chi connectivity index (χ2n) is 5.54. The first-order chi connectivity index (χ1) is 9.24.